The predicted octanol–water partition coefficient (Wildman–Crippen LogP) is 3.34. The SMILES string of the molecule is COc1ccc2c(c1)c1nc3ccccc3nc1n2CC(C)=O. The zero-order valence-corrected chi connectivity index (χ0v) is 12.9. The number of aromatic nitrogens is 3. The molecule has 0 aliphatic rings. The molecule has 0 aliphatic carbocycles. The van der Waals surface area contributed by atoms with E-state index < -0.39 is 0 Å². The Morgan fingerprint density at radius 1 is 1.13 bits per heavy atom. The number of benzene rings is 2. The summed E-state index contributed by atoms with van der Waals surface area (Å²) in [6.45, 7) is 1.86. The molecule has 5 nitrogen and oxygen atoms in total. The minimum Gasteiger partial charge on any atom is -0.497 e. The third-order valence-corrected chi connectivity index (χ3v) is 3.94. The van der Waals surface area contributed by atoms with Crippen LogP contribution in [-0.2, 0) is 11.3 Å². The summed E-state index contributed by atoms with van der Waals surface area (Å²) in [5.41, 5.74) is 4.11. The molecule has 0 bridgehead atoms. The van der Waals surface area contributed by atoms with Crippen molar-refractivity contribution in [2.24, 2.45) is 0 Å². The van der Waals surface area contributed by atoms with Crippen LogP contribution in [0.1, 0.15) is 6.92 Å². The number of carbonyl (C=O) groups excluding carboxylic acids is 1. The molecule has 0 aliphatic heterocycles. The van der Waals surface area contributed by atoms with Gasteiger partial charge in [-0.3, -0.25) is 4.79 Å². The molecular formula is C18H15N3O2. The van der Waals surface area contributed by atoms with E-state index in [1.165, 1.54) is 0 Å². The van der Waals surface area contributed by atoms with E-state index >= 15 is 0 Å². The zero-order chi connectivity index (χ0) is 16.0. The maximum atomic E-state index is 11.7. The molecule has 0 saturated heterocycles. The molecule has 0 unspecified atom stereocenters. The maximum Gasteiger partial charge on any atom is 0.160 e. The van der Waals surface area contributed by atoms with Crippen LogP contribution in [0.2, 0.25) is 0 Å². The average Bonchev–Trinajstić information content (AvgIpc) is 2.85. The summed E-state index contributed by atoms with van der Waals surface area (Å²) >= 11 is 0. The van der Waals surface area contributed by atoms with Crippen LogP contribution in [0.15, 0.2) is 42.5 Å². The van der Waals surface area contributed by atoms with Gasteiger partial charge in [-0.05, 0) is 37.3 Å². The number of para-hydroxylation sites is 2. The average molecular weight is 305 g/mol. The number of Topliss-reactive ketones (excluding diaryl/α,β-unsaturated/α-hetero) is 1. The van der Waals surface area contributed by atoms with Crippen molar-refractivity contribution in [1.29, 1.82) is 0 Å². The highest BCUT2D eigenvalue weighted by molar-refractivity contribution is 6.07. The lowest BCUT2D eigenvalue weighted by Crippen LogP contribution is -2.06. The van der Waals surface area contributed by atoms with Crippen LogP contribution in [0, 0.1) is 0 Å². The maximum absolute atomic E-state index is 11.7. The second-order valence-corrected chi connectivity index (χ2v) is 5.56. The van der Waals surface area contributed by atoms with E-state index in [4.69, 9.17) is 14.7 Å². The van der Waals surface area contributed by atoms with Gasteiger partial charge in [-0.25, -0.2) is 9.97 Å². The second-order valence-electron chi connectivity index (χ2n) is 5.56. The number of ketones is 1. The summed E-state index contributed by atoms with van der Waals surface area (Å²) in [6, 6.07) is 13.5. The summed E-state index contributed by atoms with van der Waals surface area (Å²) in [6.07, 6.45) is 0. The van der Waals surface area contributed by atoms with Crippen LogP contribution >= 0.6 is 0 Å². The van der Waals surface area contributed by atoms with E-state index in [0.717, 1.165) is 38.8 Å². The first-order valence-electron chi connectivity index (χ1n) is 7.39. The minimum absolute atomic E-state index is 0.0783. The normalized spacial score (nSPS) is 11.4. The van der Waals surface area contributed by atoms with E-state index in [0.29, 0.717) is 0 Å². The Kier molecular flexibility index (Phi) is 3.01. The van der Waals surface area contributed by atoms with Crippen molar-refractivity contribution in [3.8, 4) is 5.75 Å². The highest BCUT2D eigenvalue weighted by Crippen LogP contribution is 2.31. The van der Waals surface area contributed by atoms with Gasteiger partial charge in [0.25, 0.3) is 0 Å². The van der Waals surface area contributed by atoms with E-state index in [9.17, 15) is 4.79 Å². The largest absolute Gasteiger partial charge is 0.497 e. The molecule has 0 spiro atoms. The molecule has 0 fully saturated rings. The summed E-state index contributed by atoms with van der Waals surface area (Å²) in [5.74, 6) is 0.837. The fourth-order valence-corrected chi connectivity index (χ4v) is 2.92. The van der Waals surface area contributed by atoms with Gasteiger partial charge in [-0.15, -0.1) is 0 Å². The Labute approximate surface area is 132 Å². The molecule has 0 radical (unpaired) electrons. The van der Waals surface area contributed by atoms with Gasteiger partial charge in [0.05, 0.1) is 30.2 Å². The third kappa shape index (κ3) is 2.12. The molecule has 5 heteroatoms. The molecule has 0 atom stereocenters. The van der Waals surface area contributed by atoms with Crippen LogP contribution in [-0.4, -0.2) is 27.4 Å². The summed E-state index contributed by atoms with van der Waals surface area (Å²) in [5, 5.41) is 0.943. The first-order valence-corrected chi connectivity index (χ1v) is 7.39. The molecule has 23 heavy (non-hydrogen) atoms. The van der Waals surface area contributed by atoms with Crippen molar-refractivity contribution in [2.45, 2.75) is 13.5 Å². The number of rotatable bonds is 3. The molecule has 0 amide bonds. The highest BCUT2D eigenvalue weighted by Gasteiger charge is 2.16. The van der Waals surface area contributed by atoms with Crippen LogP contribution in [0.3, 0.4) is 0 Å². The molecule has 4 rings (SSSR count). The Hall–Kier alpha value is -2.95. The van der Waals surface area contributed by atoms with Crippen LogP contribution in [0.25, 0.3) is 33.1 Å². The molecule has 2 aromatic carbocycles. The van der Waals surface area contributed by atoms with Crippen molar-refractivity contribution in [2.75, 3.05) is 7.11 Å². The Morgan fingerprint density at radius 2 is 1.87 bits per heavy atom. The van der Waals surface area contributed by atoms with Gasteiger partial charge >= 0.3 is 0 Å². The molecule has 0 N–H and O–H groups in total. The van der Waals surface area contributed by atoms with Gasteiger partial charge in [-0.1, -0.05) is 12.1 Å². The topological polar surface area (TPSA) is 57.0 Å². The number of hydrogen-bond donors (Lipinski definition) is 0. The highest BCUT2D eigenvalue weighted by atomic mass is 16.5. The Balaban J connectivity index is 2.17. The number of ether oxygens (including phenoxy) is 1. The van der Waals surface area contributed by atoms with Gasteiger partial charge in [0.2, 0.25) is 0 Å². The number of fused-ring (bicyclic) bond motifs is 4. The van der Waals surface area contributed by atoms with Crippen molar-refractivity contribution in [3.63, 3.8) is 0 Å². The Morgan fingerprint density at radius 3 is 2.57 bits per heavy atom. The first-order chi connectivity index (χ1) is 11.2. The second kappa shape index (κ2) is 5.05. The van der Waals surface area contributed by atoms with Crippen LogP contribution < -0.4 is 4.74 Å². The van der Waals surface area contributed by atoms with Gasteiger partial charge in [0, 0.05) is 5.39 Å². The first kappa shape index (κ1) is 13.7. The number of nitrogens with zero attached hydrogens (tertiary/aromatic N) is 3. The zero-order valence-electron chi connectivity index (χ0n) is 12.9. The quantitative estimate of drug-likeness (QED) is 0.582. The van der Waals surface area contributed by atoms with Gasteiger partial charge in [-0.2, -0.15) is 0 Å². The lowest BCUT2D eigenvalue weighted by molar-refractivity contribution is -0.117. The van der Waals surface area contributed by atoms with E-state index in [-0.39, 0.29) is 12.3 Å². The van der Waals surface area contributed by atoms with Crippen molar-refractivity contribution in [1.82, 2.24) is 14.5 Å². The Bertz CT molecular complexity index is 1070. The lowest BCUT2D eigenvalue weighted by atomic mass is 10.2. The fraction of sp³-hybridized carbons (Fsp3) is 0.167. The molecule has 4 aromatic rings. The molecule has 2 heterocycles. The molecular weight excluding hydrogens is 290 g/mol. The molecule has 2 aromatic heterocycles. The summed E-state index contributed by atoms with van der Waals surface area (Å²) in [7, 11) is 1.64. The van der Waals surface area contributed by atoms with E-state index in [1.54, 1.807) is 14.0 Å². The van der Waals surface area contributed by atoms with Crippen molar-refractivity contribution in [3.05, 3.63) is 42.5 Å². The van der Waals surface area contributed by atoms with Crippen molar-refractivity contribution >= 4 is 38.9 Å². The monoisotopic (exact) mass is 305 g/mol. The summed E-state index contributed by atoms with van der Waals surface area (Å²) < 4.78 is 7.25. The summed E-state index contributed by atoms with van der Waals surface area (Å²) in [4.78, 5) is 21.2. The predicted molar refractivity (Wildman–Crippen MR) is 89.8 cm³/mol. The van der Waals surface area contributed by atoms with Gasteiger partial charge in [0.1, 0.15) is 17.0 Å². The molecule has 0 saturated carbocycles. The molecule has 114 valence electrons. The smallest absolute Gasteiger partial charge is 0.160 e. The standard InChI is InChI=1S/C18H15N3O2/c1-11(22)10-21-16-8-7-12(23-2)9-13(16)17-18(21)20-15-6-4-3-5-14(15)19-17/h3-9H,10H2,1-2H3. The van der Waals surface area contributed by atoms with Crippen LogP contribution in [0.5, 0.6) is 5.75 Å². The van der Waals surface area contributed by atoms with E-state index in [2.05, 4.69) is 0 Å². The van der Waals surface area contributed by atoms with Gasteiger partial charge in [0.15, 0.2) is 5.65 Å². The van der Waals surface area contributed by atoms with Crippen molar-refractivity contribution < 1.29 is 9.53 Å². The minimum atomic E-state index is 0.0783. The lowest BCUT2D eigenvalue weighted by Gasteiger charge is -2.04. The fourth-order valence-electron chi connectivity index (χ4n) is 2.92. The van der Waals surface area contributed by atoms with Crippen LogP contribution in [0.4, 0.5) is 0 Å². The third-order valence-electron chi connectivity index (χ3n) is 3.94. The van der Waals surface area contributed by atoms with Gasteiger partial charge < -0.3 is 9.30 Å². The van der Waals surface area contributed by atoms with E-state index in [1.807, 2.05) is 47.0 Å². The number of carbonyl (C=O) groups is 1. The number of methoxy groups -OCH3 is 1. The number of hydrogen-bond acceptors (Lipinski definition) is 4.